The number of carbonyl (C=O) groups is 1. The van der Waals surface area contributed by atoms with Crippen LogP contribution in [0.2, 0.25) is 0 Å². The van der Waals surface area contributed by atoms with Crippen LogP contribution >= 0.6 is 27.7 Å². The summed E-state index contributed by atoms with van der Waals surface area (Å²) in [5.74, 6) is 1.39. The van der Waals surface area contributed by atoms with E-state index in [1.54, 1.807) is 6.08 Å². The van der Waals surface area contributed by atoms with Crippen LogP contribution in [-0.4, -0.2) is 35.7 Å². The topological polar surface area (TPSA) is 40.5 Å². The van der Waals surface area contributed by atoms with E-state index in [9.17, 15) is 4.79 Å². The summed E-state index contributed by atoms with van der Waals surface area (Å²) in [5, 5.41) is 8.59. The number of benzene rings is 1. The van der Waals surface area contributed by atoms with Gasteiger partial charge in [0.2, 0.25) is 0 Å². The quantitative estimate of drug-likeness (QED) is 0.866. The molecular weight excluding hydrogens is 314 g/mol. The van der Waals surface area contributed by atoms with E-state index in [1.165, 1.54) is 5.69 Å². The molecular formula is C13H14BrNO2S. The van der Waals surface area contributed by atoms with Gasteiger partial charge in [-0.2, -0.15) is 11.8 Å². The van der Waals surface area contributed by atoms with E-state index in [2.05, 4.69) is 20.8 Å². The van der Waals surface area contributed by atoms with E-state index in [0.717, 1.165) is 40.7 Å². The summed E-state index contributed by atoms with van der Waals surface area (Å²) >= 11 is 5.54. The molecule has 0 radical (unpaired) electrons. The number of nitrogens with zero attached hydrogens (tertiary/aromatic N) is 1. The Hall–Kier alpha value is -0.940. The van der Waals surface area contributed by atoms with Crippen LogP contribution in [0.1, 0.15) is 5.56 Å². The summed E-state index contributed by atoms with van der Waals surface area (Å²) in [6.45, 7) is 2.13. The zero-order chi connectivity index (χ0) is 13.0. The Labute approximate surface area is 119 Å². The van der Waals surface area contributed by atoms with E-state index < -0.39 is 5.97 Å². The number of anilines is 1. The van der Waals surface area contributed by atoms with Crippen molar-refractivity contribution in [3.8, 4) is 0 Å². The third-order valence-electron chi connectivity index (χ3n) is 2.74. The molecule has 0 spiro atoms. The van der Waals surface area contributed by atoms with Gasteiger partial charge in [-0.05, 0) is 39.7 Å². The third kappa shape index (κ3) is 3.53. The van der Waals surface area contributed by atoms with Gasteiger partial charge in [0.15, 0.2) is 0 Å². The molecule has 1 fully saturated rings. The molecule has 0 amide bonds. The van der Waals surface area contributed by atoms with Crippen LogP contribution in [0.4, 0.5) is 5.69 Å². The Bertz CT molecular complexity index is 470. The highest BCUT2D eigenvalue weighted by Crippen LogP contribution is 2.29. The SMILES string of the molecule is O=C(O)/C=C/c1ccc(N2CCSCC2)c(Br)c1. The molecule has 1 aliphatic heterocycles. The molecule has 0 unspecified atom stereocenters. The van der Waals surface area contributed by atoms with Crippen molar-refractivity contribution in [2.45, 2.75) is 0 Å². The molecule has 1 aliphatic rings. The predicted octanol–water partition coefficient (Wildman–Crippen LogP) is 3.10. The number of hydrogen-bond donors (Lipinski definition) is 1. The first-order chi connectivity index (χ1) is 8.66. The summed E-state index contributed by atoms with van der Waals surface area (Å²) in [4.78, 5) is 12.8. The fourth-order valence-corrected chi connectivity index (χ4v) is 3.41. The van der Waals surface area contributed by atoms with Crippen LogP contribution in [-0.2, 0) is 4.79 Å². The lowest BCUT2D eigenvalue weighted by Crippen LogP contribution is -2.32. The van der Waals surface area contributed by atoms with E-state index in [-0.39, 0.29) is 0 Å². The van der Waals surface area contributed by atoms with Gasteiger partial charge in [-0.25, -0.2) is 4.79 Å². The second-order valence-electron chi connectivity index (χ2n) is 3.98. The van der Waals surface area contributed by atoms with Gasteiger partial charge in [0, 0.05) is 35.1 Å². The Morgan fingerprint density at radius 1 is 1.39 bits per heavy atom. The maximum Gasteiger partial charge on any atom is 0.328 e. The molecule has 3 nitrogen and oxygen atoms in total. The molecule has 1 heterocycles. The monoisotopic (exact) mass is 327 g/mol. The number of aliphatic carboxylic acids is 1. The van der Waals surface area contributed by atoms with Crippen molar-refractivity contribution in [3.05, 3.63) is 34.3 Å². The van der Waals surface area contributed by atoms with Crippen LogP contribution in [0.25, 0.3) is 6.08 Å². The third-order valence-corrected chi connectivity index (χ3v) is 4.32. The van der Waals surface area contributed by atoms with Crippen LogP contribution < -0.4 is 4.90 Å². The highest BCUT2D eigenvalue weighted by Gasteiger charge is 2.13. The summed E-state index contributed by atoms with van der Waals surface area (Å²) in [7, 11) is 0. The van der Waals surface area contributed by atoms with Crippen LogP contribution in [0, 0.1) is 0 Å². The standard InChI is InChI=1S/C13H14BrNO2S/c14-11-9-10(2-4-13(16)17)1-3-12(11)15-5-7-18-8-6-15/h1-4,9H,5-8H2,(H,16,17)/b4-2+. The van der Waals surface area contributed by atoms with Crippen LogP contribution in [0.15, 0.2) is 28.7 Å². The first kappa shape index (κ1) is 13.5. The fourth-order valence-electron chi connectivity index (χ4n) is 1.86. The molecule has 1 aromatic carbocycles. The molecule has 96 valence electrons. The van der Waals surface area contributed by atoms with Crippen LogP contribution in [0.3, 0.4) is 0 Å². The normalized spacial score (nSPS) is 16.2. The Morgan fingerprint density at radius 3 is 2.72 bits per heavy atom. The lowest BCUT2D eigenvalue weighted by atomic mass is 10.2. The number of rotatable bonds is 3. The molecule has 18 heavy (non-hydrogen) atoms. The summed E-state index contributed by atoms with van der Waals surface area (Å²) in [6.07, 6.45) is 2.75. The largest absolute Gasteiger partial charge is 0.478 e. The van der Waals surface area contributed by atoms with Crippen molar-refractivity contribution in [2.24, 2.45) is 0 Å². The highest BCUT2D eigenvalue weighted by atomic mass is 79.9. The number of carboxylic acids is 1. The molecule has 0 atom stereocenters. The summed E-state index contributed by atoms with van der Waals surface area (Å²) in [5.41, 5.74) is 2.07. The minimum absolute atomic E-state index is 0.888. The van der Waals surface area contributed by atoms with Crippen molar-refractivity contribution in [2.75, 3.05) is 29.5 Å². The zero-order valence-electron chi connectivity index (χ0n) is 9.80. The lowest BCUT2D eigenvalue weighted by molar-refractivity contribution is -0.131. The van der Waals surface area contributed by atoms with Crippen molar-refractivity contribution < 1.29 is 9.90 Å². The van der Waals surface area contributed by atoms with E-state index in [4.69, 9.17) is 5.11 Å². The van der Waals surface area contributed by atoms with Gasteiger partial charge in [0.05, 0.1) is 5.69 Å². The van der Waals surface area contributed by atoms with Crippen molar-refractivity contribution in [1.29, 1.82) is 0 Å². The molecule has 0 bridgehead atoms. The zero-order valence-corrected chi connectivity index (χ0v) is 12.2. The second kappa shape index (κ2) is 6.29. The van der Waals surface area contributed by atoms with Crippen molar-refractivity contribution >= 4 is 45.4 Å². The van der Waals surface area contributed by atoms with Crippen molar-refractivity contribution in [1.82, 2.24) is 0 Å². The van der Waals surface area contributed by atoms with Crippen LogP contribution in [0.5, 0.6) is 0 Å². The molecule has 2 rings (SSSR count). The maximum atomic E-state index is 10.5. The molecule has 1 saturated heterocycles. The van der Waals surface area contributed by atoms with E-state index in [0.29, 0.717) is 0 Å². The molecule has 0 aliphatic carbocycles. The maximum absolute atomic E-state index is 10.5. The molecule has 1 aromatic rings. The van der Waals surface area contributed by atoms with Gasteiger partial charge in [-0.1, -0.05) is 6.07 Å². The average Bonchev–Trinajstić information content (AvgIpc) is 2.37. The first-order valence-electron chi connectivity index (χ1n) is 5.70. The van der Waals surface area contributed by atoms with E-state index >= 15 is 0 Å². The van der Waals surface area contributed by atoms with Gasteiger partial charge in [0.25, 0.3) is 0 Å². The van der Waals surface area contributed by atoms with Gasteiger partial charge in [-0.15, -0.1) is 0 Å². The second-order valence-corrected chi connectivity index (χ2v) is 6.06. The highest BCUT2D eigenvalue weighted by molar-refractivity contribution is 9.10. The summed E-state index contributed by atoms with van der Waals surface area (Å²) in [6, 6.07) is 5.94. The van der Waals surface area contributed by atoms with Gasteiger partial charge >= 0.3 is 5.97 Å². The average molecular weight is 328 g/mol. The fraction of sp³-hybridized carbons (Fsp3) is 0.308. The lowest BCUT2D eigenvalue weighted by Gasteiger charge is -2.29. The number of halogens is 1. The van der Waals surface area contributed by atoms with Gasteiger partial charge in [0.1, 0.15) is 0 Å². The number of thioether (sulfide) groups is 1. The predicted molar refractivity (Wildman–Crippen MR) is 80.3 cm³/mol. The smallest absolute Gasteiger partial charge is 0.328 e. The van der Waals surface area contributed by atoms with Gasteiger partial charge in [-0.3, -0.25) is 0 Å². The first-order valence-corrected chi connectivity index (χ1v) is 7.65. The minimum Gasteiger partial charge on any atom is -0.478 e. The Balaban J connectivity index is 2.16. The Morgan fingerprint density at radius 2 is 2.11 bits per heavy atom. The molecule has 0 aromatic heterocycles. The van der Waals surface area contributed by atoms with Crippen molar-refractivity contribution in [3.63, 3.8) is 0 Å². The summed E-state index contributed by atoms with van der Waals surface area (Å²) < 4.78 is 1.02. The number of carboxylic acid groups (broad SMARTS) is 1. The minimum atomic E-state index is -0.928. The molecule has 0 saturated carbocycles. The molecule has 5 heteroatoms. The molecule has 1 N–H and O–H groups in total. The van der Waals surface area contributed by atoms with Gasteiger partial charge < -0.3 is 10.0 Å². The number of hydrogen-bond acceptors (Lipinski definition) is 3. The Kier molecular flexibility index (Phi) is 4.72. The van der Waals surface area contributed by atoms with E-state index in [1.807, 2.05) is 30.0 Å².